The molecule has 0 unspecified atom stereocenters. The highest BCUT2D eigenvalue weighted by molar-refractivity contribution is 7.89. The van der Waals surface area contributed by atoms with Crippen molar-refractivity contribution in [3.63, 3.8) is 0 Å². The average Bonchev–Trinajstić information content (AvgIpc) is 2.72. The van der Waals surface area contributed by atoms with E-state index in [1.54, 1.807) is 0 Å². The molecule has 1 fully saturated rings. The van der Waals surface area contributed by atoms with Crippen LogP contribution in [0.2, 0.25) is 0 Å². The zero-order valence-electron chi connectivity index (χ0n) is 11.0. The van der Waals surface area contributed by atoms with Crippen molar-refractivity contribution in [2.75, 3.05) is 32.6 Å². The molecular formula is C11H22N2O4S. The summed E-state index contributed by atoms with van der Waals surface area (Å²) in [6.07, 6.45) is 1.46. The average molecular weight is 278 g/mol. The topological polar surface area (TPSA) is 89.7 Å². The fourth-order valence-corrected chi connectivity index (χ4v) is 3.94. The molecule has 2 atom stereocenters. The van der Waals surface area contributed by atoms with Gasteiger partial charge in [-0.3, -0.25) is 4.79 Å². The van der Waals surface area contributed by atoms with E-state index in [9.17, 15) is 13.2 Å². The maximum Gasteiger partial charge on any atom is 0.222 e. The predicted octanol–water partition coefficient (Wildman–Crippen LogP) is -0.204. The van der Waals surface area contributed by atoms with Crippen LogP contribution in [0.1, 0.15) is 19.8 Å². The van der Waals surface area contributed by atoms with Crippen LogP contribution in [0.3, 0.4) is 0 Å². The Morgan fingerprint density at radius 1 is 1.44 bits per heavy atom. The van der Waals surface area contributed by atoms with E-state index in [1.807, 2.05) is 6.92 Å². The second-order valence-electron chi connectivity index (χ2n) is 4.71. The third-order valence-corrected chi connectivity index (χ3v) is 5.19. The molecule has 0 aromatic heterocycles. The molecule has 0 aromatic rings. The number of nitrogens with zero attached hydrogens (tertiary/aromatic N) is 1. The van der Waals surface area contributed by atoms with Crippen LogP contribution in [-0.2, 0) is 19.6 Å². The lowest BCUT2D eigenvalue weighted by atomic mass is 9.96. The van der Waals surface area contributed by atoms with Crippen molar-refractivity contribution in [3.8, 4) is 0 Å². The zero-order chi connectivity index (χ0) is 13.8. The van der Waals surface area contributed by atoms with Gasteiger partial charge in [0.25, 0.3) is 0 Å². The van der Waals surface area contributed by atoms with Gasteiger partial charge in [0.2, 0.25) is 15.9 Å². The first-order chi connectivity index (χ1) is 8.42. The minimum absolute atomic E-state index is 0.134. The van der Waals surface area contributed by atoms with E-state index in [-0.39, 0.29) is 18.2 Å². The number of hydrogen-bond acceptors (Lipinski definition) is 4. The summed E-state index contributed by atoms with van der Waals surface area (Å²) in [6, 6.07) is 0. The van der Waals surface area contributed by atoms with E-state index in [2.05, 4.69) is 0 Å². The summed E-state index contributed by atoms with van der Waals surface area (Å²) in [4.78, 5) is 11.3. The van der Waals surface area contributed by atoms with Crippen LogP contribution in [0.25, 0.3) is 0 Å². The molecule has 6 nitrogen and oxygen atoms in total. The van der Waals surface area contributed by atoms with Gasteiger partial charge < -0.3 is 10.5 Å². The summed E-state index contributed by atoms with van der Waals surface area (Å²) in [6.45, 7) is 2.82. The summed E-state index contributed by atoms with van der Waals surface area (Å²) in [5.41, 5.74) is 5.31. The Balaban J connectivity index is 2.73. The molecular weight excluding hydrogens is 256 g/mol. The highest BCUT2D eigenvalue weighted by Gasteiger charge is 2.40. The predicted molar refractivity (Wildman–Crippen MR) is 68.3 cm³/mol. The van der Waals surface area contributed by atoms with Gasteiger partial charge in [0.05, 0.1) is 18.3 Å². The van der Waals surface area contributed by atoms with Crippen molar-refractivity contribution in [1.29, 1.82) is 0 Å². The summed E-state index contributed by atoms with van der Waals surface area (Å²) in [7, 11) is -1.74. The second-order valence-corrected chi connectivity index (χ2v) is 6.80. The quantitative estimate of drug-likeness (QED) is 0.698. The number of carbonyl (C=O) groups is 1. The van der Waals surface area contributed by atoms with Gasteiger partial charge in [-0.15, -0.1) is 0 Å². The first-order valence-electron chi connectivity index (χ1n) is 6.18. The molecule has 1 rings (SSSR count). The molecule has 0 bridgehead atoms. The molecule has 1 saturated heterocycles. The Bertz CT molecular complexity index is 383. The Morgan fingerprint density at radius 3 is 2.61 bits per heavy atom. The fraction of sp³-hybridized carbons (Fsp3) is 0.909. The van der Waals surface area contributed by atoms with E-state index in [1.165, 1.54) is 11.4 Å². The molecule has 7 heteroatoms. The molecule has 0 radical (unpaired) electrons. The molecule has 106 valence electrons. The van der Waals surface area contributed by atoms with Crippen molar-refractivity contribution >= 4 is 15.9 Å². The van der Waals surface area contributed by atoms with E-state index >= 15 is 0 Å². The zero-order valence-corrected chi connectivity index (χ0v) is 11.8. The van der Waals surface area contributed by atoms with Crippen LogP contribution in [0.15, 0.2) is 0 Å². The number of sulfonamides is 1. The first kappa shape index (κ1) is 15.4. The van der Waals surface area contributed by atoms with Crippen LogP contribution in [-0.4, -0.2) is 51.2 Å². The molecule has 0 spiro atoms. The maximum atomic E-state index is 12.0. The van der Waals surface area contributed by atoms with Gasteiger partial charge >= 0.3 is 0 Å². The molecule has 1 amide bonds. The molecule has 1 aliphatic heterocycles. The number of nitrogens with two attached hydrogens (primary N) is 1. The number of ether oxygens (including phenoxy) is 1. The third-order valence-electron chi connectivity index (χ3n) is 3.30. The van der Waals surface area contributed by atoms with Crippen molar-refractivity contribution in [2.45, 2.75) is 19.8 Å². The Morgan fingerprint density at radius 2 is 2.11 bits per heavy atom. The maximum absolute atomic E-state index is 12.0. The number of unbranched alkanes of at least 4 members (excludes halogenated alkanes) is 1. The summed E-state index contributed by atoms with van der Waals surface area (Å²) >= 11 is 0. The second kappa shape index (κ2) is 6.49. The fourth-order valence-electron chi connectivity index (χ4n) is 2.22. The minimum atomic E-state index is -3.27. The number of methoxy groups -OCH3 is 1. The van der Waals surface area contributed by atoms with Gasteiger partial charge in [-0.25, -0.2) is 12.7 Å². The Kier molecular flexibility index (Phi) is 5.55. The van der Waals surface area contributed by atoms with Crippen molar-refractivity contribution in [1.82, 2.24) is 4.31 Å². The third kappa shape index (κ3) is 3.66. The highest BCUT2D eigenvalue weighted by atomic mass is 32.2. The first-order valence-corrected chi connectivity index (χ1v) is 7.79. The van der Waals surface area contributed by atoms with Gasteiger partial charge in [-0.2, -0.15) is 0 Å². The molecule has 1 heterocycles. The monoisotopic (exact) mass is 278 g/mol. The van der Waals surface area contributed by atoms with Crippen LogP contribution < -0.4 is 5.73 Å². The lowest BCUT2D eigenvalue weighted by molar-refractivity contribution is -0.122. The van der Waals surface area contributed by atoms with Crippen LogP contribution >= 0.6 is 0 Å². The van der Waals surface area contributed by atoms with E-state index < -0.39 is 21.8 Å². The number of carbonyl (C=O) groups excluding carboxylic acids is 1. The van der Waals surface area contributed by atoms with E-state index in [4.69, 9.17) is 10.5 Å². The van der Waals surface area contributed by atoms with Crippen molar-refractivity contribution in [2.24, 2.45) is 17.6 Å². The SMILES string of the molecule is CCCCS(=O)(=O)N1C[C@@H](COC)[C@H](C(N)=O)C1. The standard InChI is InChI=1S/C11H22N2O4S/c1-3-4-5-18(15,16)13-6-9(8-17-2)10(7-13)11(12)14/h9-10H,3-8H2,1-2H3,(H2,12,14)/t9-,10+/m0/s1. The highest BCUT2D eigenvalue weighted by Crippen LogP contribution is 2.26. The van der Waals surface area contributed by atoms with Gasteiger partial charge in [0.15, 0.2) is 0 Å². The smallest absolute Gasteiger partial charge is 0.222 e. The van der Waals surface area contributed by atoms with Crippen LogP contribution in [0.4, 0.5) is 0 Å². The molecule has 2 N–H and O–H groups in total. The largest absolute Gasteiger partial charge is 0.384 e. The summed E-state index contributed by atoms with van der Waals surface area (Å²) < 4.78 is 30.5. The van der Waals surface area contributed by atoms with E-state index in [0.717, 1.165) is 6.42 Å². The number of amides is 1. The van der Waals surface area contributed by atoms with Crippen LogP contribution in [0, 0.1) is 11.8 Å². The summed E-state index contributed by atoms with van der Waals surface area (Å²) in [5.74, 6) is -0.898. The van der Waals surface area contributed by atoms with Gasteiger partial charge in [-0.05, 0) is 6.42 Å². The lowest BCUT2D eigenvalue weighted by Gasteiger charge is -2.15. The Hall–Kier alpha value is -0.660. The number of primary amides is 1. The minimum Gasteiger partial charge on any atom is -0.384 e. The van der Waals surface area contributed by atoms with Gasteiger partial charge in [-0.1, -0.05) is 13.3 Å². The molecule has 1 aliphatic rings. The van der Waals surface area contributed by atoms with Gasteiger partial charge in [0, 0.05) is 26.1 Å². The van der Waals surface area contributed by atoms with Gasteiger partial charge in [0.1, 0.15) is 0 Å². The molecule has 0 aromatic carbocycles. The molecule has 0 saturated carbocycles. The van der Waals surface area contributed by atoms with E-state index in [0.29, 0.717) is 19.6 Å². The lowest BCUT2D eigenvalue weighted by Crippen LogP contribution is -2.33. The molecule has 18 heavy (non-hydrogen) atoms. The Labute approximate surface area is 109 Å². The van der Waals surface area contributed by atoms with Crippen molar-refractivity contribution < 1.29 is 17.9 Å². The molecule has 0 aliphatic carbocycles. The number of rotatable bonds is 7. The normalized spacial score (nSPS) is 25.4. The number of hydrogen-bond donors (Lipinski definition) is 1. The van der Waals surface area contributed by atoms with Crippen LogP contribution in [0.5, 0.6) is 0 Å². The summed E-state index contributed by atoms with van der Waals surface area (Å²) in [5, 5.41) is 0. The van der Waals surface area contributed by atoms with Crippen molar-refractivity contribution in [3.05, 3.63) is 0 Å².